The highest BCUT2D eigenvalue weighted by Gasteiger charge is 2.05. The summed E-state index contributed by atoms with van der Waals surface area (Å²) in [6.45, 7) is 4.16. The van der Waals surface area contributed by atoms with Crippen molar-refractivity contribution in [3.8, 4) is 0 Å². The molecule has 4 heteroatoms. The van der Waals surface area contributed by atoms with Gasteiger partial charge in [-0.15, -0.1) is 0 Å². The smallest absolute Gasteiger partial charge is 0.221 e. The quantitative estimate of drug-likeness (QED) is 0.881. The molecule has 0 saturated heterocycles. The molecule has 0 unspecified atom stereocenters. The van der Waals surface area contributed by atoms with Gasteiger partial charge in [0, 0.05) is 25.2 Å². The minimum Gasteiger partial charge on any atom is -0.326 e. The third-order valence-electron chi connectivity index (χ3n) is 3.24. The lowest BCUT2D eigenvalue weighted by molar-refractivity contribution is -0.114. The van der Waals surface area contributed by atoms with Crippen molar-refractivity contribution >= 4 is 11.6 Å². The molecular formula is C17H19FN2O. The van der Waals surface area contributed by atoms with E-state index in [1.165, 1.54) is 19.1 Å². The van der Waals surface area contributed by atoms with Gasteiger partial charge >= 0.3 is 0 Å². The highest BCUT2D eigenvalue weighted by Crippen LogP contribution is 2.15. The van der Waals surface area contributed by atoms with Gasteiger partial charge < -0.3 is 10.6 Å². The van der Waals surface area contributed by atoms with Crippen LogP contribution in [0, 0.1) is 5.82 Å². The molecule has 0 spiro atoms. The molecule has 1 atom stereocenters. The number of halogens is 1. The normalized spacial score (nSPS) is 12.0. The van der Waals surface area contributed by atoms with Crippen LogP contribution < -0.4 is 10.6 Å². The Balaban J connectivity index is 1.92. The summed E-state index contributed by atoms with van der Waals surface area (Å²) in [5.41, 5.74) is 2.81. The van der Waals surface area contributed by atoms with E-state index in [2.05, 4.69) is 10.6 Å². The second kappa shape index (κ2) is 6.99. The number of hydrogen-bond donors (Lipinski definition) is 2. The number of carbonyl (C=O) groups excluding carboxylic acids is 1. The molecule has 2 N–H and O–H groups in total. The Morgan fingerprint density at radius 1 is 1.19 bits per heavy atom. The minimum atomic E-state index is -0.221. The first-order chi connectivity index (χ1) is 10.0. The van der Waals surface area contributed by atoms with Crippen molar-refractivity contribution in [2.75, 3.05) is 5.32 Å². The van der Waals surface area contributed by atoms with Crippen LogP contribution in [0.2, 0.25) is 0 Å². The fourth-order valence-corrected chi connectivity index (χ4v) is 2.07. The van der Waals surface area contributed by atoms with Crippen molar-refractivity contribution in [1.82, 2.24) is 5.32 Å². The molecule has 1 amide bonds. The zero-order chi connectivity index (χ0) is 15.2. The van der Waals surface area contributed by atoms with Crippen LogP contribution in [0.15, 0.2) is 48.5 Å². The average Bonchev–Trinajstić information content (AvgIpc) is 2.45. The van der Waals surface area contributed by atoms with Crippen molar-refractivity contribution in [2.45, 2.75) is 26.4 Å². The fourth-order valence-electron chi connectivity index (χ4n) is 2.07. The molecule has 2 rings (SSSR count). The predicted octanol–water partition coefficient (Wildman–Crippen LogP) is 3.63. The predicted molar refractivity (Wildman–Crippen MR) is 82.4 cm³/mol. The molecule has 0 saturated carbocycles. The second-order valence-corrected chi connectivity index (χ2v) is 5.04. The van der Waals surface area contributed by atoms with Crippen LogP contribution in [0.4, 0.5) is 10.1 Å². The van der Waals surface area contributed by atoms with Crippen molar-refractivity contribution in [3.05, 3.63) is 65.5 Å². The molecule has 110 valence electrons. The molecule has 0 aliphatic heterocycles. The first-order valence-electron chi connectivity index (χ1n) is 6.90. The van der Waals surface area contributed by atoms with E-state index < -0.39 is 0 Å². The highest BCUT2D eigenvalue weighted by molar-refractivity contribution is 5.88. The Labute approximate surface area is 124 Å². The lowest BCUT2D eigenvalue weighted by Crippen LogP contribution is -2.18. The highest BCUT2D eigenvalue weighted by atomic mass is 19.1. The van der Waals surface area contributed by atoms with Crippen LogP contribution in [0.3, 0.4) is 0 Å². The van der Waals surface area contributed by atoms with Gasteiger partial charge in [-0.3, -0.25) is 4.79 Å². The number of amides is 1. The van der Waals surface area contributed by atoms with E-state index >= 15 is 0 Å². The number of nitrogens with one attached hydrogen (secondary N) is 2. The maximum atomic E-state index is 13.2. The van der Waals surface area contributed by atoms with E-state index in [1.54, 1.807) is 6.07 Å². The molecule has 2 aromatic rings. The third-order valence-corrected chi connectivity index (χ3v) is 3.24. The zero-order valence-electron chi connectivity index (χ0n) is 12.2. The van der Waals surface area contributed by atoms with Crippen LogP contribution in [0.25, 0.3) is 0 Å². The van der Waals surface area contributed by atoms with Gasteiger partial charge in [0.15, 0.2) is 0 Å². The molecule has 0 aromatic heterocycles. The van der Waals surface area contributed by atoms with Crippen LogP contribution in [0.5, 0.6) is 0 Å². The largest absolute Gasteiger partial charge is 0.326 e. The molecule has 2 aromatic carbocycles. The maximum absolute atomic E-state index is 13.2. The van der Waals surface area contributed by atoms with Gasteiger partial charge in [0.05, 0.1) is 0 Å². The van der Waals surface area contributed by atoms with Crippen LogP contribution in [-0.4, -0.2) is 5.91 Å². The summed E-state index contributed by atoms with van der Waals surface area (Å²) < 4.78 is 13.2. The van der Waals surface area contributed by atoms with Gasteiger partial charge in [0.25, 0.3) is 0 Å². The summed E-state index contributed by atoms with van der Waals surface area (Å²) in [6.07, 6.45) is 0. The van der Waals surface area contributed by atoms with E-state index in [-0.39, 0.29) is 17.8 Å². The van der Waals surface area contributed by atoms with Crippen LogP contribution in [0.1, 0.15) is 31.0 Å². The topological polar surface area (TPSA) is 41.1 Å². The number of benzene rings is 2. The minimum absolute atomic E-state index is 0.0655. The molecule has 21 heavy (non-hydrogen) atoms. The van der Waals surface area contributed by atoms with Gasteiger partial charge in [-0.2, -0.15) is 0 Å². The number of carbonyl (C=O) groups is 1. The standard InChI is InChI=1S/C17H19FN2O/c1-12(15-4-3-5-16(18)10-15)19-11-14-6-8-17(9-7-14)20-13(2)21/h3-10,12,19H,11H2,1-2H3,(H,20,21)/t12-/m1/s1. The van der Waals surface area contributed by atoms with Gasteiger partial charge in [0.2, 0.25) is 5.91 Å². The lowest BCUT2D eigenvalue weighted by atomic mass is 10.1. The van der Waals surface area contributed by atoms with Crippen LogP contribution >= 0.6 is 0 Å². The van der Waals surface area contributed by atoms with E-state index in [4.69, 9.17) is 0 Å². The average molecular weight is 286 g/mol. The Morgan fingerprint density at radius 3 is 2.52 bits per heavy atom. The van der Waals surface area contributed by atoms with E-state index in [9.17, 15) is 9.18 Å². The fraction of sp³-hybridized carbons (Fsp3) is 0.235. The summed E-state index contributed by atoms with van der Waals surface area (Å²) in [5.74, 6) is -0.304. The van der Waals surface area contributed by atoms with Gasteiger partial charge in [-0.1, -0.05) is 24.3 Å². The van der Waals surface area contributed by atoms with Crippen molar-refractivity contribution in [2.24, 2.45) is 0 Å². The molecule has 0 aliphatic carbocycles. The van der Waals surface area contributed by atoms with Crippen molar-refractivity contribution in [1.29, 1.82) is 0 Å². The first kappa shape index (κ1) is 15.2. The molecule has 0 heterocycles. The number of hydrogen-bond acceptors (Lipinski definition) is 2. The Bertz CT molecular complexity index is 610. The Kier molecular flexibility index (Phi) is 5.06. The van der Waals surface area contributed by atoms with Gasteiger partial charge in [0.1, 0.15) is 5.82 Å². The molecular weight excluding hydrogens is 267 g/mol. The zero-order valence-corrected chi connectivity index (χ0v) is 12.2. The molecule has 0 bridgehead atoms. The Hall–Kier alpha value is -2.20. The van der Waals surface area contributed by atoms with Crippen molar-refractivity contribution < 1.29 is 9.18 Å². The summed E-state index contributed by atoms with van der Waals surface area (Å²) in [7, 11) is 0. The Morgan fingerprint density at radius 2 is 1.90 bits per heavy atom. The maximum Gasteiger partial charge on any atom is 0.221 e. The van der Waals surface area contributed by atoms with Crippen LogP contribution in [-0.2, 0) is 11.3 Å². The number of anilines is 1. The van der Waals surface area contributed by atoms with E-state index in [1.807, 2.05) is 37.3 Å². The monoisotopic (exact) mass is 286 g/mol. The molecule has 0 fully saturated rings. The molecule has 3 nitrogen and oxygen atoms in total. The van der Waals surface area contributed by atoms with Gasteiger partial charge in [-0.05, 0) is 42.3 Å². The third kappa shape index (κ3) is 4.68. The second-order valence-electron chi connectivity index (χ2n) is 5.04. The summed E-state index contributed by atoms with van der Waals surface area (Å²) in [4.78, 5) is 10.9. The lowest BCUT2D eigenvalue weighted by Gasteiger charge is -2.14. The van der Waals surface area contributed by atoms with Crippen molar-refractivity contribution in [3.63, 3.8) is 0 Å². The molecule has 0 radical (unpaired) electrons. The number of rotatable bonds is 5. The SMILES string of the molecule is CC(=O)Nc1ccc(CN[C@H](C)c2cccc(F)c2)cc1. The first-order valence-corrected chi connectivity index (χ1v) is 6.90. The van der Waals surface area contributed by atoms with E-state index in [0.717, 1.165) is 16.8 Å². The van der Waals surface area contributed by atoms with Gasteiger partial charge in [-0.25, -0.2) is 4.39 Å². The van der Waals surface area contributed by atoms with E-state index in [0.29, 0.717) is 6.54 Å². The summed E-state index contributed by atoms with van der Waals surface area (Å²) >= 11 is 0. The summed E-state index contributed by atoms with van der Waals surface area (Å²) in [5, 5.41) is 6.08. The molecule has 0 aliphatic rings. The summed E-state index contributed by atoms with van der Waals surface area (Å²) in [6, 6.07) is 14.3.